The van der Waals surface area contributed by atoms with Gasteiger partial charge in [-0.1, -0.05) is 27.7 Å². The summed E-state index contributed by atoms with van der Waals surface area (Å²) in [6.07, 6.45) is 1.00. The van der Waals surface area contributed by atoms with E-state index in [1.807, 2.05) is 0 Å². The Balaban J connectivity index is 3.11. The average Bonchev–Trinajstić information content (AvgIpc) is 2.46. The molecular formula is C10H17NOS. The van der Waals surface area contributed by atoms with Crippen molar-refractivity contribution in [3.63, 3.8) is 0 Å². The zero-order chi connectivity index (χ0) is 10.1. The third-order valence-electron chi connectivity index (χ3n) is 1.91. The Morgan fingerprint density at radius 2 is 2.00 bits per heavy atom. The molecule has 1 rings (SSSR count). The van der Waals surface area contributed by atoms with Crippen molar-refractivity contribution in [2.24, 2.45) is 0 Å². The quantitative estimate of drug-likeness (QED) is 0.794. The summed E-state index contributed by atoms with van der Waals surface area (Å²) >= 11 is 1.63. The first kappa shape index (κ1) is 10.7. The molecule has 0 radical (unpaired) electrons. The molecule has 0 spiro atoms. The fraction of sp³-hybridized carbons (Fsp3) is 0.700. The van der Waals surface area contributed by atoms with Gasteiger partial charge >= 0.3 is 0 Å². The number of aliphatic hydroxyl groups excluding tert-OH is 1. The summed E-state index contributed by atoms with van der Waals surface area (Å²) in [6.45, 7) is 8.66. The molecule has 0 atom stereocenters. The Labute approximate surface area is 83.6 Å². The van der Waals surface area contributed by atoms with Gasteiger partial charge in [-0.2, -0.15) is 0 Å². The van der Waals surface area contributed by atoms with Crippen molar-refractivity contribution < 1.29 is 5.11 Å². The molecule has 1 N–H and O–H groups in total. The van der Waals surface area contributed by atoms with Crippen LogP contribution in [0.1, 0.15) is 43.3 Å². The predicted octanol–water partition coefficient (Wildman–Crippen LogP) is 2.50. The van der Waals surface area contributed by atoms with Crippen LogP contribution >= 0.6 is 11.3 Å². The zero-order valence-electron chi connectivity index (χ0n) is 8.72. The molecule has 0 bridgehead atoms. The predicted molar refractivity (Wildman–Crippen MR) is 56.1 cm³/mol. The van der Waals surface area contributed by atoms with Crippen LogP contribution in [0.4, 0.5) is 0 Å². The Morgan fingerprint density at radius 1 is 1.38 bits per heavy atom. The minimum atomic E-state index is 0.0632. The highest BCUT2D eigenvalue weighted by atomic mass is 32.1. The number of rotatable bonds is 2. The van der Waals surface area contributed by atoms with E-state index in [9.17, 15) is 0 Å². The van der Waals surface area contributed by atoms with Gasteiger partial charge in [0.2, 0.25) is 0 Å². The van der Waals surface area contributed by atoms with Gasteiger partial charge in [0, 0.05) is 10.3 Å². The molecule has 0 saturated heterocycles. The third-order valence-corrected chi connectivity index (χ3v) is 3.09. The molecule has 1 aromatic heterocycles. The minimum Gasteiger partial charge on any atom is -0.389 e. The second kappa shape index (κ2) is 3.76. The zero-order valence-corrected chi connectivity index (χ0v) is 9.53. The van der Waals surface area contributed by atoms with Crippen LogP contribution in [0, 0.1) is 0 Å². The van der Waals surface area contributed by atoms with E-state index in [-0.39, 0.29) is 12.0 Å². The first-order valence-corrected chi connectivity index (χ1v) is 5.40. The highest BCUT2D eigenvalue weighted by Gasteiger charge is 2.21. The standard InChI is InChI=1S/C10H17NOS/c1-5-7-9(10(2,3)4)11-8(6-12)13-7/h12H,5-6H2,1-4H3. The molecule has 2 nitrogen and oxygen atoms in total. The van der Waals surface area contributed by atoms with Crippen molar-refractivity contribution in [1.82, 2.24) is 4.98 Å². The van der Waals surface area contributed by atoms with E-state index >= 15 is 0 Å². The van der Waals surface area contributed by atoms with Gasteiger partial charge in [0.15, 0.2) is 0 Å². The van der Waals surface area contributed by atoms with Crippen molar-refractivity contribution in [2.75, 3.05) is 0 Å². The molecule has 0 saturated carbocycles. The van der Waals surface area contributed by atoms with Crippen LogP contribution in [0.5, 0.6) is 0 Å². The summed E-state index contributed by atoms with van der Waals surface area (Å²) in [5.41, 5.74) is 1.24. The summed E-state index contributed by atoms with van der Waals surface area (Å²) < 4.78 is 0. The molecule has 13 heavy (non-hydrogen) atoms. The summed E-state index contributed by atoms with van der Waals surface area (Å²) in [7, 11) is 0. The summed E-state index contributed by atoms with van der Waals surface area (Å²) in [4.78, 5) is 5.74. The Morgan fingerprint density at radius 3 is 2.31 bits per heavy atom. The van der Waals surface area contributed by atoms with Gasteiger partial charge in [0.05, 0.1) is 12.3 Å². The summed E-state index contributed by atoms with van der Waals surface area (Å²) in [5, 5.41) is 9.82. The molecule has 0 aliphatic rings. The van der Waals surface area contributed by atoms with Gasteiger partial charge in [0.1, 0.15) is 5.01 Å². The second-order valence-electron chi connectivity index (χ2n) is 4.14. The first-order chi connectivity index (χ1) is 5.99. The van der Waals surface area contributed by atoms with E-state index < -0.39 is 0 Å². The van der Waals surface area contributed by atoms with Crippen LogP contribution in [0.2, 0.25) is 0 Å². The number of aryl methyl sites for hydroxylation is 1. The van der Waals surface area contributed by atoms with Crippen molar-refractivity contribution in [3.05, 3.63) is 15.6 Å². The Bertz CT molecular complexity index is 286. The van der Waals surface area contributed by atoms with E-state index in [2.05, 4.69) is 32.7 Å². The molecular weight excluding hydrogens is 182 g/mol. The lowest BCUT2D eigenvalue weighted by Crippen LogP contribution is -2.13. The van der Waals surface area contributed by atoms with Gasteiger partial charge in [-0.3, -0.25) is 0 Å². The molecule has 0 aromatic carbocycles. The molecule has 74 valence electrons. The van der Waals surface area contributed by atoms with Crippen molar-refractivity contribution >= 4 is 11.3 Å². The first-order valence-electron chi connectivity index (χ1n) is 4.59. The van der Waals surface area contributed by atoms with Crippen LogP contribution in [0.25, 0.3) is 0 Å². The van der Waals surface area contributed by atoms with E-state index in [1.54, 1.807) is 11.3 Å². The van der Waals surface area contributed by atoms with Gasteiger partial charge in [-0.15, -0.1) is 11.3 Å². The lowest BCUT2D eigenvalue weighted by molar-refractivity contribution is 0.280. The van der Waals surface area contributed by atoms with Gasteiger partial charge < -0.3 is 5.11 Å². The van der Waals surface area contributed by atoms with Crippen molar-refractivity contribution in [3.8, 4) is 0 Å². The van der Waals surface area contributed by atoms with Crippen LogP contribution in [-0.4, -0.2) is 10.1 Å². The van der Waals surface area contributed by atoms with Crippen molar-refractivity contribution in [2.45, 2.75) is 46.1 Å². The van der Waals surface area contributed by atoms with Gasteiger partial charge in [0.25, 0.3) is 0 Å². The normalized spacial score (nSPS) is 12.1. The topological polar surface area (TPSA) is 33.1 Å². The molecule has 1 heterocycles. The molecule has 0 unspecified atom stereocenters. The monoisotopic (exact) mass is 199 g/mol. The van der Waals surface area contributed by atoms with Crippen LogP contribution in [-0.2, 0) is 18.4 Å². The van der Waals surface area contributed by atoms with Gasteiger partial charge in [-0.05, 0) is 6.42 Å². The van der Waals surface area contributed by atoms with Crippen molar-refractivity contribution in [1.29, 1.82) is 0 Å². The summed E-state index contributed by atoms with van der Waals surface area (Å²) in [6, 6.07) is 0. The second-order valence-corrected chi connectivity index (χ2v) is 5.31. The Hall–Kier alpha value is -0.410. The summed E-state index contributed by atoms with van der Waals surface area (Å²) in [5.74, 6) is 0. The fourth-order valence-electron chi connectivity index (χ4n) is 1.29. The van der Waals surface area contributed by atoms with Gasteiger partial charge in [-0.25, -0.2) is 4.98 Å². The maximum absolute atomic E-state index is 8.98. The number of aromatic nitrogens is 1. The molecule has 0 aliphatic carbocycles. The maximum atomic E-state index is 8.98. The number of hydrogen-bond donors (Lipinski definition) is 1. The highest BCUT2D eigenvalue weighted by Crippen LogP contribution is 2.29. The van der Waals surface area contributed by atoms with E-state index in [4.69, 9.17) is 5.11 Å². The smallest absolute Gasteiger partial charge is 0.119 e. The number of aliphatic hydroxyl groups is 1. The van der Waals surface area contributed by atoms with E-state index in [1.165, 1.54) is 4.88 Å². The van der Waals surface area contributed by atoms with Crippen LogP contribution in [0.3, 0.4) is 0 Å². The fourth-order valence-corrected chi connectivity index (χ4v) is 2.37. The number of thiazole rings is 1. The minimum absolute atomic E-state index is 0.0632. The lowest BCUT2D eigenvalue weighted by Gasteiger charge is -2.16. The molecule has 0 aliphatic heterocycles. The van der Waals surface area contributed by atoms with E-state index in [0.29, 0.717) is 0 Å². The van der Waals surface area contributed by atoms with E-state index in [0.717, 1.165) is 17.1 Å². The Kier molecular flexibility index (Phi) is 3.09. The lowest BCUT2D eigenvalue weighted by atomic mass is 9.91. The largest absolute Gasteiger partial charge is 0.389 e. The number of hydrogen-bond acceptors (Lipinski definition) is 3. The maximum Gasteiger partial charge on any atom is 0.119 e. The van der Waals surface area contributed by atoms with Crippen LogP contribution < -0.4 is 0 Å². The SMILES string of the molecule is CCc1sc(CO)nc1C(C)(C)C. The average molecular weight is 199 g/mol. The molecule has 0 fully saturated rings. The highest BCUT2D eigenvalue weighted by molar-refractivity contribution is 7.11. The third kappa shape index (κ3) is 2.29. The molecule has 0 amide bonds. The van der Waals surface area contributed by atoms with Crippen LogP contribution in [0.15, 0.2) is 0 Å². The molecule has 1 aromatic rings. The molecule has 3 heteroatoms. The number of nitrogens with zero attached hydrogens (tertiary/aromatic N) is 1.